The zero-order valence-corrected chi connectivity index (χ0v) is 15.8. The molecule has 3 heterocycles. The average molecular weight is 364 g/mol. The number of hydrogen-bond acceptors (Lipinski definition) is 4. The third-order valence-electron chi connectivity index (χ3n) is 5.68. The van der Waals surface area contributed by atoms with Gasteiger partial charge in [0.2, 0.25) is 5.91 Å². The Morgan fingerprint density at radius 2 is 1.81 bits per heavy atom. The van der Waals surface area contributed by atoms with E-state index in [1.54, 1.807) is 0 Å². The van der Waals surface area contributed by atoms with E-state index in [1.807, 2.05) is 12.4 Å². The summed E-state index contributed by atoms with van der Waals surface area (Å²) in [5.74, 6) is 0.107. The van der Waals surface area contributed by atoms with Gasteiger partial charge in [-0.25, -0.2) is 0 Å². The van der Waals surface area contributed by atoms with Crippen LogP contribution in [-0.2, 0) is 11.3 Å². The van der Waals surface area contributed by atoms with E-state index in [0.717, 1.165) is 31.9 Å². The number of rotatable bonds is 4. The van der Waals surface area contributed by atoms with Gasteiger partial charge in [-0.3, -0.25) is 14.7 Å². The molecule has 1 aromatic carbocycles. The van der Waals surface area contributed by atoms with Crippen LogP contribution >= 0.6 is 0 Å². The third-order valence-corrected chi connectivity index (χ3v) is 5.68. The Morgan fingerprint density at radius 3 is 2.59 bits per heavy atom. The van der Waals surface area contributed by atoms with Gasteiger partial charge in [-0.05, 0) is 54.8 Å². The molecule has 1 unspecified atom stereocenters. The fraction of sp³-hybridized carbons (Fsp3) is 0.455. The minimum Gasteiger partial charge on any atom is -0.360 e. The summed E-state index contributed by atoms with van der Waals surface area (Å²) in [6.45, 7) is 4.16. The Labute approximate surface area is 161 Å². The van der Waals surface area contributed by atoms with Crippen LogP contribution in [0.5, 0.6) is 0 Å². The standard InChI is InChI=1S/C22H28N4O/c27-22-17-25(15-13-24-22)20-7-5-18(6-8-20)16-26-14-3-1-2-4-21(26)19-9-11-23-12-10-19/h5-12,21H,1-4,13-17H2,(H,24,27). The van der Waals surface area contributed by atoms with Gasteiger partial charge < -0.3 is 10.2 Å². The van der Waals surface area contributed by atoms with Gasteiger partial charge in [-0.2, -0.15) is 0 Å². The second kappa shape index (κ2) is 8.53. The van der Waals surface area contributed by atoms with Crippen molar-refractivity contribution in [1.82, 2.24) is 15.2 Å². The van der Waals surface area contributed by atoms with E-state index in [9.17, 15) is 4.79 Å². The first-order valence-electron chi connectivity index (χ1n) is 10.0. The maximum atomic E-state index is 11.6. The first kappa shape index (κ1) is 18.0. The molecule has 2 fully saturated rings. The topological polar surface area (TPSA) is 48.5 Å². The van der Waals surface area contributed by atoms with Crippen LogP contribution in [-0.4, -0.2) is 42.0 Å². The van der Waals surface area contributed by atoms with Crippen molar-refractivity contribution in [3.05, 3.63) is 59.9 Å². The number of anilines is 1. The molecule has 0 spiro atoms. The van der Waals surface area contributed by atoms with Crippen molar-refractivity contribution in [2.45, 2.75) is 38.3 Å². The molecule has 2 aliphatic heterocycles. The highest BCUT2D eigenvalue weighted by Gasteiger charge is 2.23. The zero-order chi connectivity index (χ0) is 18.5. The quantitative estimate of drug-likeness (QED) is 0.905. The van der Waals surface area contributed by atoms with Crippen LogP contribution in [0, 0.1) is 0 Å². The van der Waals surface area contributed by atoms with Gasteiger partial charge in [0.25, 0.3) is 0 Å². The summed E-state index contributed by atoms with van der Waals surface area (Å²) < 4.78 is 0. The molecule has 1 aromatic heterocycles. The van der Waals surface area contributed by atoms with Gasteiger partial charge in [-0.15, -0.1) is 0 Å². The van der Waals surface area contributed by atoms with Crippen LogP contribution in [0.1, 0.15) is 42.9 Å². The summed E-state index contributed by atoms with van der Waals surface area (Å²) in [6.07, 6.45) is 8.89. The van der Waals surface area contributed by atoms with Crippen LogP contribution in [0.4, 0.5) is 5.69 Å². The lowest BCUT2D eigenvalue weighted by Crippen LogP contribution is -2.47. The number of likely N-dealkylation sites (tertiary alicyclic amines) is 1. The number of hydrogen-bond donors (Lipinski definition) is 1. The molecule has 2 aromatic rings. The minimum absolute atomic E-state index is 0.107. The molecule has 1 atom stereocenters. The predicted molar refractivity (Wildman–Crippen MR) is 108 cm³/mol. The van der Waals surface area contributed by atoms with Crippen LogP contribution in [0.3, 0.4) is 0 Å². The SMILES string of the molecule is O=C1CN(c2ccc(CN3CCCCCC3c3ccncc3)cc2)CCN1. The van der Waals surface area contributed by atoms with E-state index in [2.05, 4.69) is 56.5 Å². The van der Waals surface area contributed by atoms with Crippen molar-refractivity contribution in [2.24, 2.45) is 0 Å². The van der Waals surface area contributed by atoms with E-state index in [0.29, 0.717) is 12.6 Å². The molecule has 1 amide bonds. The lowest BCUT2D eigenvalue weighted by molar-refractivity contribution is -0.120. The lowest BCUT2D eigenvalue weighted by Gasteiger charge is -2.31. The summed E-state index contributed by atoms with van der Waals surface area (Å²) >= 11 is 0. The molecular weight excluding hydrogens is 336 g/mol. The van der Waals surface area contributed by atoms with Gasteiger partial charge in [0.05, 0.1) is 6.54 Å². The molecule has 5 heteroatoms. The molecule has 5 nitrogen and oxygen atoms in total. The normalized spacial score (nSPS) is 21.6. The average Bonchev–Trinajstić information content (AvgIpc) is 2.95. The molecule has 142 valence electrons. The van der Waals surface area contributed by atoms with Crippen molar-refractivity contribution in [1.29, 1.82) is 0 Å². The monoisotopic (exact) mass is 364 g/mol. The molecule has 2 saturated heterocycles. The first-order valence-corrected chi connectivity index (χ1v) is 10.0. The Balaban J connectivity index is 1.47. The molecule has 0 aliphatic carbocycles. The van der Waals surface area contributed by atoms with Crippen molar-refractivity contribution >= 4 is 11.6 Å². The van der Waals surface area contributed by atoms with Crippen LogP contribution in [0.15, 0.2) is 48.8 Å². The maximum Gasteiger partial charge on any atom is 0.239 e. The summed E-state index contributed by atoms with van der Waals surface area (Å²) in [7, 11) is 0. The van der Waals surface area contributed by atoms with Gasteiger partial charge in [0, 0.05) is 43.8 Å². The second-order valence-corrected chi connectivity index (χ2v) is 7.55. The van der Waals surface area contributed by atoms with Crippen molar-refractivity contribution in [3.8, 4) is 0 Å². The van der Waals surface area contributed by atoms with Crippen LogP contribution in [0.25, 0.3) is 0 Å². The molecule has 0 radical (unpaired) electrons. The summed E-state index contributed by atoms with van der Waals surface area (Å²) in [5, 5.41) is 2.88. The fourth-order valence-electron chi connectivity index (χ4n) is 4.23. The first-order chi connectivity index (χ1) is 13.3. The number of amides is 1. The van der Waals surface area contributed by atoms with E-state index >= 15 is 0 Å². The number of carbonyl (C=O) groups is 1. The highest BCUT2D eigenvalue weighted by atomic mass is 16.2. The molecule has 27 heavy (non-hydrogen) atoms. The number of piperazine rings is 1. The molecule has 0 bridgehead atoms. The van der Waals surface area contributed by atoms with Crippen molar-refractivity contribution in [2.75, 3.05) is 31.1 Å². The van der Waals surface area contributed by atoms with E-state index in [4.69, 9.17) is 0 Å². The lowest BCUT2D eigenvalue weighted by atomic mass is 10.0. The molecule has 0 saturated carbocycles. The maximum absolute atomic E-state index is 11.6. The zero-order valence-electron chi connectivity index (χ0n) is 15.8. The Bertz CT molecular complexity index is 747. The van der Waals surface area contributed by atoms with Crippen molar-refractivity contribution < 1.29 is 4.79 Å². The minimum atomic E-state index is 0.107. The van der Waals surface area contributed by atoms with Gasteiger partial charge >= 0.3 is 0 Å². The molecular formula is C22H28N4O. The van der Waals surface area contributed by atoms with Crippen LogP contribution < -0.4 is 10.2 Å². The van der Waals surface area contributed by atoms with E-state index in [-0.39, 0.29) is 5.91 Å². The van der Waals surface area contributed by atoms with Crippen LogP contribution in [0.2, 0.25) is 0 Å². The van der Waals surface area contributed by atoms with Crippen molar-refractivity contribution in [3.63, 3.8) is 0 Å². The number of nitrogens with one attached hydrogen (secondary N) is 1. The predicted octanol–water partition coefficient (Wildman–Crippen LogP) is 3.14. The highest BCUT2D eigenvalue weighted by molar-refractivity contribution is 5.82. The Morgan fingerprint density at radius 1 is 1.00 bits per heavy atom. The second-order valence-electron chi connectivity index (χ2n) is 7.55. The Kier molecular flexibility index (Phi) is 5.68. The molecule has 1 N–H and O–H groups in total. The van der Waals surface area contributed by atoms with Gasteiger partial charge in [0.1, 0.15) is 0 Å². The number of pyridine rings is 1. The highest BCUT2D eigenvalue weighted by Crippen LogP contribution is 2.31. The largest absolute Gasteiger partial charge is 0.360 e. The number of carbonyl (C=O) groups excluding carboxylic acids is 1. The fourth-order valence-corrected chi connectivity index (χ4v) is 4.23. The summed E-state index contributed by atoms with van der Waals surface area (Å²) in [6, 6.07) is 13.6. The van der Waals surface area contributed by atoms with E-state index in [1.165, 1.54) is 36.8 Å². The van der Waals surface area contributed by atoms with Gasteiger partial charge in [-0.1, -0.05) is 25.0 Å². The number of benzene rings is 1. The number of aromatic nitrogens is 1. The molecule has 4 rings (SSSR count). The summed E-state index contributed by atoms with van der Waals surface area (Å²) in [5.41, 5.74) is 3.85. The third kappa shape index (κ3) is 4.48. The Hall–Kier alpha value is -2.40. The smallest absolute Gasteiger partial charge is 0.239 e. The van der Waals surface area contributed by atoms with Gasteiger partial charge in [0.15, 0.2) is 0 Å². The molecule has 2 aliphatic rings. The number of nitrogens with zero attached hydrogens (tertiary/aromatic N) is 3. The summed E-state index contributed by atoms with van der Waals surface area (Å²) in [4.78, 5) is 20.6. The van der Waals surface area contributed by atoms with E-state index < -0.39 is 0 Å².